The van der Waals surface area contributed by atoms with E-state index in [4.69, 9.17) is 19.7 Å². The quantitative estimate of drug-likeness (QED) is 0.0260. The van der Waals surface area contributed by atoms with Crippen molar-refractivity contribution >= 4 is 97.2 Å². The molecule has 0 saturated heterocycles. The molecule has 0 aliphatic carbocycles. The second-order valence-corrected chi connectivity index (χ2v) is 33.7. The fraction of sp³-hybridized carbons (Fsp3) is 0.132. The number of rotatable bonds is 24. The maximum atomic E-state index is 13.6. The van der Waals surface area contributed by atoms with Crippen LogP contribution in [0.3, 0.4) is 0 Å². The molecule has 0 radical (unpaired) electrons. The van der Waals surface area contributed by atoms with E-state index < -0.39 is 11.7 Å². The summed E-state index contributed by atoms with van der Waals surface area (Å²) in [5.74, 6) is 0.928. The Morgan fingerprint density at radius 1 is 0.231 bits per heavy atom. The number of halogens is 6. The first-order valence-electron chi connectivity index (χ1n) is 46.8. The van der Waals surface area contributed by atoms with Crippen molar-refractivity contribution in [2.75, 3.05) is 14.2 Å². The Kier molecular flexibility index (Phi) is 46.4. The Morgan fingerprint density at radius 3 is 1.06 bits per heavy atom. The van der Waals surface area contributed by atoms with E-state index in [0.29, 0.717) is 16.7 Å². The Balaban J connectivity index is 0.000000182. The molecule has 6 N–H and O–H groups in total. The number of alkyl halides is 3. The third-order valence-corrected chi connectivity index (χ3v) is 22.4. The van der Waals surface area contributed by atoms with Crippen molar-refractivity contribution in [2.45, 2.75) is 101 Å². The van der Waals surface area contributed by atoms with Gasteiger partial charge in [0.2, 0.25) is 0 Å². The van der Waals surface area contributed by atoms with Gasteiger partial charge in [-0.2, -0.15) is 13.2 Å². The topological polar surface area (TPSA) is 140 Å². The monoisotopic (exact) mass is 1910 g/mol. The second kappa shape index (κ2) is 59.7. The molecule has 14 heteroatoms. The van der Waals surface area contributed by atoms with Gasteiger partial charge in [-0.05, 0) is 221 Å². The van der Waals surface area contributed by atoms with Crippen molar-refractivity contribution in [1.82, 2.24) is 0 Å². The van der Waals surface area contributed by atoms with Crippen molar-refractivity contribution in [3.8, 4) is 11.5 Å². The summed E-state index contributed by atoms with van der Waals surface area (Å²) in [6.45, 7) is 16.3. The number of benzene rings is 16. The van der Waals surface area contributed by atoms with Crippen LogP contribution < -0.4 is 9.47 Å². The van der Waals surface area contributed by atoms with E-state index in [1.165, 1.54) is 35.4 Å². The lowest BCUT2D eigenvalue weighted by Gasteiger charge is -2.09. The van der Waals surface area contributed by atoms with Crippen LogP contribution in [0.25, 0.3) is 97.2 Å². The zero-order valence-corrected chi connectivity index (χ0v) is 82.4. The van der Waals surface area contributed by atoms with Gasteiger partial charge in [-0.25, -0.2) is 13.2 Å². The number of aliphatic hydroxyl groups is 6. The minimum Gasteiger partial charge on any atom is -0.496 e. The molecular weight excluding hydrogens is 1790 g/mol. The van der Waals surface area contributed by atoms with Gasteiger partial charge in [0.15, 0.2) is 0 Å². The fourth-order valence-electron chi connectivity index (χ4n) is 14.1. The normalized spacial score (nSPS) is 11.1. The summed E-state index contributed by atoms with van der Waals surface area (Å²) in [7, 11) is 3.31. The molecule has 16 aromatic rings. The highest BCUT2D eigenvalue weighted by Crippen LogP contribution is 2.32. The summed E-state index contributed by atoms with van der Waals surface area (Å²) in [6, 6.07) is 114. The smallest absolute Gasteiger partial charge is 0.416 e. The van der Waals surface area contributed by atoms with E-state index in [9.17, 15) is 46.8 Å². The molecule has 0 spiro atoms. The van der Waals surface area contributed by atoms with E-state index in [2.05, 4.69) is 79.7 Å². The van der Waals surface area contributed by atoms with E-state index in [0.717, 1.165) is 163 Å². The summed E-state index contributed by atoms with van der Waals surface area (Å²) < 4.78 is 88.0. The molecule has 143 heavy (non-hydrogen) atoms. The summed E-state index contributed by atoms with van der Waals surface area (Å²) in [5, 5.41) is 55.1. The highest BCUT2D eigenvalue weighted by molar-refractivity contribution is 5.78. The molecule has 16 aromatic carbocycles. The molecule has 730 valence electrons. The van der Waals surface area contributed by atoms with Gasteiger partial charge in [-0.3, -0.25) is 0 Å². The van der Waals surface area contributed by atoms with Crippen LogP contribution >= 0.6 is 0 Å². The third kappa shape index (κ3) is 39.2. The average molecular weight is 1920 g/mol. The number of ether oxygens (including phenoxy) is 2. The van der Waals surface area contributed by atoms with E-state index in [1.807, 2.05) is 328 Å². The van der Waals surface area contributed by atoms with Gasteiger partial charge in [-0.15, -0.1) is 0 Å². The number of methoxy groups -OCH3 is 2. The molecule has 0 amide bonds. The highest BCUT2D eigenvalue weighted by Gasteiger charge is 2.30. The molecule has 0 atom stereocenters. The van der Waals surface area contributed by atoms with Crippen molar-refractivity contribution in [3.05, 3.63) is 554 Å². The van der Waals surface area contributed by atoms with Crippen LogP contribution in [-0.4, -0.2) is 44.9 Å². The third-order valence-electron chi connectivity index (χ3n) is 22.4. The lowest BCUT2D eigenvalue weighted by atomic mass is 10.0. The predicted octanol–water partition coefficient (Wildman–Crippen LogP) is 31.7. The van der Waals surface area contributed by atoms with Crippen molar-refractivity contribution < 1.29 is 66.5 Å². The molecule has 0 heterocycles. The van der Waals surface area contributed by atoms with Gasteiger partial charge in [0.25, 0.3) is 0 Å². The van der Waals surface area contributed by atoms with Gasteiger partial charge in [-0.1, -0.05) is 440 Å². The van der Waals surface area contributed by atoms with Crippen LogP contribution in [0.4, 0.5) is 26.3 Å². The molecule has 0 saturated carbocycles. The van der Waals surface area contributed by atoms with Gasteiger partial charge in [0.05, 0.1) is 59.4 Å². The SMILES string of the molecule is COc1c(/C=C/c2ccc(C)cc2)cccc1CO.COc1cc(/C=C/c2ccc(CO)cc2)ccc1C.Cc1ccc(/C=C/c2ccc(C)cc2F)cc1.Cc1ccc(/C=C/c2ccc(CO)cc2)c(CO)c1.Cc1ccc(/C=C/c2cccc(C(F)(F)F)c2)cc1.Cc1ccc(F)c(/C=C/c2ccc(F)cc2)c1.Cc1cccc(/C=C/c2ccccc2)c1CO.OCc1ccccc1/C=C/c1ccccc1. The number of hydrogen-bond donors (Lipinski definition) is 6. The average Bonchev–Trinajstić information content (AvgIpc) is 0.828. The van der Waals surface area contributed by atoms with Crippen molar-refractivity contribution in [3.63, 3.8) is 0 Å². The van der Waals surface area contributed by atoms with E-state index in [1.54, 1.807) is 87.1 Å². The number of aliphatic hydroxyl groups excluding tert-OH is 6. The minimum atomic E-state index is -4.30. The minimum absolute atomic E-state index is 0.0185. The lowest BCUT2D eigenvalue weighted by molar-refractivity contribution is -0.137. The van der Waals surface area contributed by atoms with Crippen LogP contribution in [0.15, 0.2) is 364 Å². The molecule has 0 unspecified atom stereocenters. The first-order chi connectivity index (χ1) is 69.1. The molecule has 16 rings (SSSR count). The predicted molar refractivity (Wildman–Crippen MR) is 586 cm³/mol. The second-order valence-electron chi connectivity index (χ2n) is 33.7. The summed E-state index contributed by atoms with van der Waals surface area (Å²) in [5.41, 5.74) is 29.3. The standard InChI is InChI=1S/3C17H18O2.C16H13F3.C16H15F.C16H16O.C15H12F2.C15H14O/c1-13-2-8-16(17(10-13)12-19)9-7-14-3-5-15(11-18)6-4-14;1-13-3-4-15(11-17(13)19-2)8-5-14-6-9-16(12-18)10-7-14;1-13-6-8-14(9-7-13)10-11-15-4-3-5-16(12-18)17(15)19-2;1-12-5-7-13(8-6-12)9-10-14-3-2-4-15(11-14)16(17,18)19;1-12-3-6-14(7-4-12)8-10-15-9-5-13(2)11-16(15)17;1-13-6-5-9-15(16(13)12-17)11-10-14-7-3-2-4-8-14;1-11-2-9-15(17)13(10-11)6-3-12-4-7-14(16)8-5-12;16-12-15-9-5-4-8-14(15)11-10-13-6-2-1-3-7-13/h2-10,18-19H,11-12H2,1H3;2*3-11,18H,12H2,1-2H3;2-11H,1H3;3-11H,1-2H3;2-11,17H,12H2,1H3;2-10H,1H3;1-11,16H,12H2/b9-7+;8-5+;11-10+;10-9+;10-8+;11-10+;6-3+;11-10+. The van der Waals surface area contributed by atoms with Crippen LogP contribution in [0.2, 0.25) is 0 Å². The largest absolute Gasteiger partial charge is 0.496 e. The molecule has 8 nitrogen and oxygen atoms in total. The lowest BCUT2D eigenvalue weighted by Crippen LogP contribution is -2.04. The van der Waals surface area contributed by atoms with Gasteiger partial charge in [0.1, 0.15) is 29.0 Å². The van der Waals surface area contributed by atoms with Gasteiger partial charge >= 0.3 is 6.18 Å². The van der Waals surface area contributed by atoms with Crippen molar-refractivity contribution in [2.24, 2.45) is 0 Å². The highest BCUT2D eigenvalue weighted by atomic mass is 19.4. The maximum Gasteiger partial charge on any atom is 0.416 e. The first-order valence-corrected chi connectivity index (χ1v) is 46.8. The first kappa shape index (κ1) is 111. The number of aryl methyl sites for hydroxylation is 8. The summed E-state index contributed by atoms with van der Waals surface area (Å²) in [6.07, 6.45) is 26.7. The number of para-hydroxylation sites is 1. The summed E-state index contributed by atoms with van der Waals surface area (Å²) >= 11 is 0. The summed E-state index contributed by atoms with van der Waals surface area (Å²) in [4.78, 5) is 0. The van der Waals surface area contributed by atoms with Gasteiger partial charge < -0.3 is 40.1 Å². The molecule has 0 bridgehead atoms. The molecular formula is C129H124F6O8. The van der Waals surface area contributed by atoms with Crippen LogP contribution in [0, 0.1) is 72.8 Å². The van der Waals surface area contributed by atoms with Crippen LogP contribution in [-0.2, 0) is 45.8 Å². The van der Waals surface area contributed by atoms with Crippen molar-refractivity contribution in [1.29, 1.82) is 0 Å². The van der Waals surface area contributed by atoms with Crippen LogP contribution in [0.1, 0.15) is 172 Å². The number of hydrogen-bond acceptors (Lipinski definition) is 8. The molecule has 0 aliphatic heterocycles. The Bertz CT molecular complexity index is 6840. The Hall–Kier alpha value is -15.6. The molecule has 0 aromatic heterocycles. The van der Waals surface area contributed by atoms with E-state index in [-0.39, 0.29) is 57.1 Å². The zero-order valence-electron chi connectivity index (χ0n) is 82.4. The zero-order chi connectivity index (χ0) is 103. The van der Waals surface area contributed by atoms with Gasteiger partial charge in [0, 0.05) is 22.3 Å². The molecule has 0 fully saturated rings. The van der Waals surface area contributed by atoms with Crippen LogP contribution in [0.5, 0.6) is 11.5 Å². The fourth-order valence-corrected chi connectivity index (χ4v) is 14.1. The Morgan fingerprint density at radius 2 is 0.580 bits per heavy atom. The van der Waals surface area contributed by atoms with E-state index >= 15 is 0 Å². The Labute approximate surface area is 839 Å². The molecule has 0 aliphatic rings. The maximum absolute atomic E-state index is 13.6.